The smallest absolute Gasteiger partial charge is 0.266 e. The van der Waals surface area contributed by atoms with Crippen LogP contribution in [0.5, 0.6) is 5.75 Å². The van der Waals surface area contributed by atoms with E-state index in [2.05, 4.69) is 11.9 Å². The number of nitriles is 1. The average Bonchev–Trinajstić information content (AvgIpc) is 2.81. The molecule has 0 unspecified atom stereocenters. The van der Waals surface area contributed by atoms with E-state index in [0.717, 1.165) is 5.56 Å². The van der Waals surface area contributed by atoms with Gasteiger partial charge >= 0.3 is 0 Å². The molecule has 0 saturated heterocycles. The number of carbonyl (C=O) groups excluding carboxylic acids is 1. The van der Waals surface area contributed by atoms with Gasteiger partial charge in [0, 0.05) is 5.56 Å². The summed E-state index contributed by atoms with van der Waals surface area (Å²) in [5.74, 6) is -0.400. The first-order valence-corrected chi connectivity index (χ1v) is 10.7. The third kappa shape index (κ3) is 6.23. The third-order valence-corrected chi connectivity index (χ3v) is 5.48. The highest BCUT2D eigenvalue weighted by molar-refractivity contribution is 6.44. The molecule has 0 bridgehead atoms. The highest BCUT2D eigenvalue weighted by Gasteiger charge is 2.14. The van der Waals surface area contributed by atoms with Gasteiger partial charge in [-0.2, -0.15) is 5.26 Å². The van der Waals surface area contributed by atoms with Crippen LogP contribution < -0.4 is 10.1 Å². The van der Waals surface area contributed by atoms with Crippen LogP contribution in [0.3, 0.4) is 0 Å². The molecule has 33 heavy (non-hydrogen) atoms. The normalized spacial score (nSPS) is 10.9. The monoisotopic (exact) mass is 480 g/mol. The summed E-state index contributed by atoms with van der Waals surface area (Å²) in [6, 6.07) is 18.3. The van der Waals surface area contributed by atoms with E-state index in [1.165, 1.54) is 12.1 Å². The fourth-order valence-corrected chi connectivity index (χ4v) is 3.37. The van der Waals surface area contributed by atoms with E-state index in [4.69, 9.17) is 27.9 Å². The number of anilines is 1. The second-order valence-electron chi connectivity index (χ2n) is 6.97. The standard InChI is InChI=1S/C26H19Cl2FN2O2/c1-2-6-18-13-17(11-12-24(18)33-16-19-7-3-4-9-22(19)29)14-20(15-30)26(32)31-23-10-5-8-21(27)25(23)28/h2-5,7-14H,1,6,16H2,(H,31,32)/b20-14-. The molecule has 1 amide bonds. The molecular weight excluding hydrogens is 462 g/mol. The van der Waals surface area contributed by atoms with E-state index in [0.29, 0.717) is 29.0 Å². The van der Waals surface area contributed by atoms with Gasteiger partial charge in [-0.25, -0.2) is 4.39 Å². The molecule has 3 aromatic carbocycles. The molecule has 0 aliphatic carbocycles. The lowest BCUT2D eigenvalue weighted by Crippen LogP contribution is -2.13. The Morgan fingerprint density at radius 1 is 1.12 bits per heavy atom. The van der Waals surface area contributed by atoms with E-state index in [1.54, 1.807) is 60.7 Å². The maximum Gasteiger partial charge on any atom is 0.266 e. The van der Waals surface area contributed by atoms with Crippen molar-refractivity contribution < 1.29 is 13.9 Å². The van der Waals surface area contributed by atoms with Gasteiger partial charge in [0.05, 0.1) is 15.7 Å². The molecule has 0 aliphatic rings. The Kier molecular flexibility index (Phi) is 8.26. The molecule has 0 aromatic heterocycles. The Labute approximate surface area is 201 Å². The molecule has 3 rings (SSSR count). The number of benzene rings is 3. The number of ether oxygens (including phenoxy) is 1. The lowest BCUT2D eigenvalue weighted by Gasteiger charge is -2.12. The maximum atomic E-state index is 13.9. The van der Waals surface area contributed by atoms with E-state index in [1.807, 2.05) is 6.07 Å². The van der Waals surface area contributed by atoms with Gasteiger partial charge in [-0.15, -0.1) is 6.58 Å². The Bertz CT molecular complexity index is 1270. The Morgan fingerprint density at radius 3 is 2.64 bits per heavy atom. The van der Waals surface area contributed by atoms with Crippen LogP contribution >= 0.6 is 23.2 Å². The SMILES string of the molecule is C=CCc1cc(/C=C(/C#N)C(=O)Nc2cccc(Cl)c2Cl)ccc1OCc1ccccc1F. The van der Waals surface area contributed by atoms with E-state index < -0.39 is 5.91 Å². The van der Waals surface area contributed by atoms with Gasteiger partial charge in [0.2, 0.25) is 0 Å². The van der Waals surface area contributed by atoms with Gasteiger partial charge in [0.25, 0.3) is 5.91 Å². The molecule has 0 aliphatic heterocycles. The average molecular weight is 481 g/mol. The van der Waals surface area contributed by atoms with Crippen LogP contribution in [0.25, 0.3) is 6.08 Å². The van der Waals surface area contributed by atoms with Crippen LogP contribution in [0.15, 0.2) is 78.9 Å². The Hall–Kier alpha value is -3.59. The van der Waals surface area contributed by atoms with E-state index >= 15 is 0 Å². The first-order valence-electron chi connectivity index (χ1n) is 9.90. The summed E-state index contributed by atoms with van der Waals surface area (Å²) in [4.78, 5) is 12.6. The van der Waals surface area contributed by atoms with Crippen LogP contribution in [-0.2, 0) is 17.8 Å². The molecule has 0 heterocycles. The molecule has 0 radical (unpaired) electrons. The van der Waals surface area contributed by atoms with Crippen molar-refractivity contribution in [3.05, 3.63) is 111 Å². The molecule has 7 heteroatoms. The molecule has 1 N–H and O–H groups in total. The zero-order valence-electron chi connectivity index (χ0n) is 17.4. The molecule has 0 saturated carbocycles. The highest BCUT2D eigenvalue weighted by Crippen LogP contribution is 2.30. The number of nitrogens with one attached hydrogen (secondary N) is 1. The van der Waals surface area contributed by atoms with Gasteiger partial charge < -0.3 is 10.1 Å². The Morgan fingerprint density at radius 2 is 1.91 bits per heavy atom. The van der Waals surface area contributed by atoms with Gasteiger partial charge in [-0.3, -0.25) is 4.79 Å². The highest BCUT2D eigenvalue weighted by atomic mass is 35.5. The summed E-state index contributed by atoms with van der Waals surface area (Å²) in [5.41, 5.74) is 2.03. The van der Waals surface area contributed by atoms with Crippen molar-refractivity contribution in [1.29, 1.82) is 5.26 Å². The largest absolute Gasteiger partial charge is 0.489 e. The zero-order chi connectivity index (χ0) is 23.8. The fraction of sp³-hybridized carbons (Fsp3) is 0.0769. The van der Waals surface area contributed by atoms with Crippen molar-refractivity contribution in [3.8, 4) is 11.8 Å². The van der Waals surface area contributed by atoms with Gasteiger partial charge in [-0.05, 0) is 54.0 Å². The van der Waals surface area contributed by atoms with Crippen molar-refractivity contribution in [2.45, 2.75) is 13.0 Å². The number of amides is 1. The van der Waals surface area contributed by atoms with Gasteiger partial charge in [-0.1, -0.05) is 59.6 Å². The minimum atomic E-state index is -0.619. The summed E-state index contributed by atoms with van der Waals surface area (Å²) in [6.07, 6.45) is 3.65. The molecule has 166 valence electrons. The predicted octanol–water partition coefficient (Wildman–Crippen LogP) is 6.99. The molecule has 4 nitrogen and oxygen atoms in total. The number of nitrogens with zero attached hydrogens (tertiary/aromatic N) is 1. The first kappa shape index (κ1) is 24.1. The summed E-state index contributed by atoms with van der Waals surface area (Å²) in [5, 5.41) is 12.6. The van der Waals surface area contributed by atoms with Crippen LogP contribution in [0, 0.1) is 17.1 Å². The summed E-state index contributed by atoms with van der Waals surface area (Å²) in [6.45, 7) is 3.82. The van der Waals surface area contributed by atoms with Crippen molar-refractivity contribution in [1.82, 2.24) is 0 Å². The van der Waals surface area contributed by atoms with Crippen LogP contribution in [0.2, 0.25) is 10.0 Å². The minimum Gasteiger partial charge on any atom is -0.489 e. The number of hydrogen-bond acceptors (Lipinski definition) is 3. The zero-order valence-corrected chi connectivity index (χ0v) is 19.0. The molecule has 0 fully saturated rings. The van der Waals surface area contributed by atoms with Crippen LogP contribution in [0.4, 0.5) is 10.1 Å². The minimum absolute atomic E-state index is 0.0677. The van der Waals surface area contributed by atoms with Crippen molar-refractivity contribution in [3.63, 3.8) is 0 Å². The maximum absolute atomic E-state index is 13.9. The number of halogens is 3. The summed E-state index contributed by atoms with van der Waals surface area (Å²) < 4.78 is 19.7. The van der Waals surface area contributed by atoms with Gasteiger partial charge in [0.15, 0.2) is 0 Å². The van der Waals surface area contributed by atoms with Crippen LogP contribution in [-0.4, -0.2) is 5.91 Å². The van der Waals surface area contributed by atoms with Crippen molar-refractivity contribution in [2.24, 2.45) is 0 Å². The summed E-state index contributed by atoms with van der Waals surface area (Å²) >= 11 is 12.1. The topological polar surface area (TPSA) is 62.1 Å². The fourth-order valence-electron chi connectivity index (χ4n) is 3.02. The van der Waals surface area contributed by atoms with E-state index in [-0.39, 0.29) is 28.0 Å². The van der Waals surface area contributed by atoms with Crippen molar-refractivity contribution in [2.75, 3.05) is 5.32 Å². The third-order valence-electron chi connectivity index (χ3n) is 4.67. The lowest BCUT2D eigenvalue weighted by molar-refractivity contribution is -0.112. The van der Waals surface area contributed by atoms with Gasteiger partial charge in [0.1, 0.15) is 29.8 Å². The Balaban J connectivity index is 1.82. The first-order chi connectivity index (χ1) is 15.9. The molecule has 0 spiro atoms. The molecular formula is C26H19Cl2FN2O2. The molecule has 3 aromatic rings. The number of carbonyl (C=O) groups is 1. The number of rotatable bonds is 8. The number of hydrogen-bond donors (Lipinski definition) is 1. The number of allylic oxidation sites excluding steroid dienone is 1. The van der Waals surface area contributed by atoms with Crippen LogP contribution in [0.1, 0.15) is 16.7 Å². The van der Waals surface area contributed by atoms with E-state index in [9.17, 15) is 14.4 Å². The quantitative estimate of drug-likeness (QED) is 0.214. The lowest BCUT2D eigenvalue weighted by atomic mass is 10.0. The van der Waals surface area contributed by atoms with Crippen molar-refractivity contribution >= 4 is 40.9 Å². The second-order valence-corrected chi connectivity index (χ2v) is 7.75. The summed E-state index contributed by atoms with van der Waals surface area (Å²) in [7, 11) is 0. The second kappa shape index (κ2) is 11.3. The predicted molar refractivity (Wildman–Crippen MR) is 130 cm³/mol. The molecule has 0 atom stereocenters.